The highest BCUT2D eigenvalue weighted by Gasteiger charge is 2.37. The average Bonchev–Trinajstić information content (AvgIpc) is 2.88. The summed E-state index contributed by atoms with van der Waals surface area (Å²) >= 11 is 13.3. The predicted molar refractivity (Wildman–Crippen MR) is 112 cm³/mol. The van der Waals surface area contributed by atoms with E-state index in [1.54, 1.807) is 25.2 Å². The van der Waals surface area contributed by atoms with Gasteiger partial charge in [-0.05, 0) is 37.3 Å². The summed E-state index contributed by atoms with van der Waals surface area (Å²) in [7, 11) is 1.66. The Labute approximate surface area is 171 Å². The number of nitrogens with zero attached hydrogens (tertiary/aromatic N) is 2. The second-order valence-electron chi connectivity index (χ2n) is 6.11. The van der Waals surface area contributed by atoms with Gasteiger partial charge in [0.15, 0.2) is 5.17 Å². The number of hydrogen-bond acceptors (Lipinski definition) is 4. The number of halogens is 2. The first-order valence-corrected chi connectivity index (χ1v) is 9.81. The molecule has 1 heterocycles. The summed E-state index contributed by atoms with van der Waals surface area (Å²) in [6.45, 7) is 2.00. The van der Waals surface area contributed by atoms with E-state index < -0.39 is 5.25 Å². The lowest BCUT2D eigenvalue weighted by Gasteiger charge is -2.10. The van der Waals surface area contributed by atoms with Crippen LogP contribution in [0, 0.1) is 6.92 Å². The van der Waals surface area contributed by atoms with Gasteiger partial charge in [-0.25, -0.2) is 4.99 Å². The number of carbonyl (C=O) groups excluding carboxylic acids is 2. The van der Waals surface area contributed by atoms with Gasteiger partial charge in [0.25, 0.3) is 0 Å². The zero-order valence-corrected chi connectivity index (χ0v) is 17.0. The highest BCUT2D eigenvalue weighted by molar-refractivity contribution is 8.15. The van der Waals surface area contributed by atoms with Gasteiger partial charge in [-0.1, -0.05) is 52.7 Å². The van der Waals surface area contributed by atoms with Crippen LogP contribution in [0.25, 0.3) is 0 Å². The van der Waals surface area contributed by atoms with Gasteiger partial charge in [0.2, 0.25) is 11.8 Å². The number of amidine groups is 1. The molecule has 0 bridgehead atoms. The zero-order valence-electron chi connectivity index (χ0n) is 14.7. The minimum Gasteiger partial charge on any atom is -0.325 e. The highest BCUT2D eigenvalue weighted by Crippen LogP contribution is 2.31. The first-order chi connectivity index (χ1) is 12.8. The standard InChI is InChI=1S/C19H17Cl2N3O2S/c1-11-3-6-13(7-4-11)22-19-24(2)18(26)16(27-19)10-17(25)23-15-9-12(20)5-8-14(15)21/h3-9,16H,10H2,1-2H3,(H,23,25). The lowest BCUT2D eigenvalue weighted by atomic mass is 10.2. The van der Waals surface area contributed by atoms with Crippen LogP contribution in [0.4, 0.5) is 11.4 Å². The molecule has 5 nitrogen and oxygen atoms in total. The second kappa shape index (κ2) is 8.33. The predicted octanol–water partition coefficient (Wildman–Crippen LogP) is 4.89. The summed E-state index contributed by atoms with van der Waals surface area (Å²) < 4.78 is 0. The van der Waals surface area contributed by atoms with E-state index >= 15 is 0 Å². The Balaban J connectivity index is 1.68. The third kappa shape index (κ3) is 4.83. The number of rotatable bonds is 4. The van der Waals surface area contributed by atoms with Gasteiger partial charge in [0.1, 0.15) is 5.25 Å². The minimum absolute atomic E-state index is 0.0175. The molecule has 1 fully saturated rings. The fraction of sp³-hybridized carbons (Fsp3) is 0.211. The topological polar surface area (TPSA) is 61.8 Å². The number of amides is 2. The molecule has 0 spiro atoms. The smallest absolute Gasteiger partial charge is 0.242 e. The highest BCUT2D eigenvalue weighted by atomic mass is 35.5. The van der Waals surface area contributed by atoms with Crippen molar-refractivity contribution in [3.8, 4) is 0 Å². The van der Waals surface area contributed by atoms with Crippen molar-refractivity contribution < 1.29 is 9.59 Å². The molecule has 0 aromatic heterocycles. The van der Waals surface area contributed by atoms with Crippen LogP contribution in [0.5, 0.6) is 0 Å². The monoisotopic (exact) mass is 421 g/mol. The van der Waals surface area contributed by atoms with Crippen LogP contribution in [0.2, 0.25) is 10.0 Å². The largest absolute Gasteiger partial charge is 0.325 e. The average molecular weight is 422 g/mol. The molecule has 1 atom stereocenters. The lowest BCUT2D eigenvalue weighted by molar-refractivity contribution is -0.127. The van der Waals surface area contributed by atoms with E-state index in [4.69, 9.17) is 23.2 Å². The maximum atomic E-state index is 12.5. The number of benzene rings is 2. The molecular formula is C19H17Cl2N3O2S. The molecular weight excluding hydrogens is 405 g/mol. The Kier molecular flexibility index (Phi) is 6.09. The van der Waals surface area contributed by atoms with E-state index in [1.165, 1.54) is 16.7 Å². The molecule has 0 saturated carbocycles. The van der Waals surface area contributed by atoms with Crippen molar-refractivity contribution in [2.75, 3.05) is 12.4 Å². The van der Waals surface area contributed by atoms with Crippen LogP contribution in [0.3, 0.4) is 0 Å². The van der Waals surface area contributed by atoms with Crippen LogP contribution >= 0.6 is 35.0 Å². The summed E-state index contributed by atoms with van der Waals surface area (Å²) in [6.07, 6.45) is 0.0175. The van der Waals surface area contributed by atoms with Crippen LogP contribution in [-0.4, -0.2) is 34.2 Å². The normalized spacial score (nSPS) is 18.2. The van der Waals surface area contributed by atoms with Gasteiger partial charge >= 0.3 is 0 Å². The van der Waals surface area contributed by atoms with Gasteiger partial charge in [-0.3, -0.25) is 14.5 Å². The Bertz CT molecular complexity index is 916. The third-order valence-corrected chi connectivity index (χ3v) is 5.77. The van der Waals surface area contributed by atoms with Crippen LogP contribution < -0.4 is 5.32 Å². The zero-order chi connectivity index (χ0) is 19.6. The van der Waals surface area contributed by atoms with E-state index in [0.29, 0.717) is 20.9 Å². The maximum absolute atomic E-state index is 12.5. The molecule has 1 unspecified atom stereocenters. The first kappa shape index (κ1) is 19.7. The summed E-state index contributed by atoms with van der Waals surface area (Å²) in [5.74, 6) is -0.465. The molecule has 140 valence electrons. The minimum atomic E-state index is -0.530. The van der Waals surface area contributed by atoms with Crippen molar-refractivity contribution in [3.63, 3.8) is 0 Å². The number of hydrogen-bond donors (Lipinski definition) is 1. The molecule has 27 heavy (non-hydrogen) atoms. The molecule has 8 heteroatoms. The first-order valence-electron chi connectivity index (χ1n) is 8.18. The molecule has 0 aliphatic carbocycles. The molecule has 1 aliphatic heterocycles. The second-order valence-corrected chi connectivity index (χ2v) is 8.12. The van der Waals surface area contributed by atoms with Gasteiger partial charge in [-0.15, -0.1) is 0 Å². The molecule has 2 amide bonds. The SMILES string of the molecule is Cc1ccc(N=C2SC(CC(=O)Nc3cc(Cl)ccc3Cl)C(=O)N2C)cc1. The van der Waals surface area contributed by atoms with Gasteiger partial charge in [0, 0.05) is 18.5 Å². The van der Waals surface area contributed by atoms with Crippen molar-refractivity contribution >= 4 is 63.3 Å². The molecule has 3 rings (SSSR count). The van der Waals surface area contributed by atoms with Crippen LogP contribution in [0.15, 0.2) is 47.5 Å². The van der Waals surface area contributed by atoms with E-state index in [-0.39, 0.29) is 18.2 Å². The molecule has 1 aliphatic rings. The summed E-state index contributed by atoms with van der Waals surface area (Å²) in [6, 6.07) is 12.5. The Morgan fingerprint density at radius 1 is 1.22 bits per heavy atom. The lowest BCUT2D eigenvalue weighted by Crippen LogP contribution is -2.30. The number of nitrogens with one attached hydrogen (secondary N) is 1. The van der Waals surface area contributed by atoms with Crippen molar-refractivity contribution in [1.82, 2.24) is 4.90 Å². The van der Waals surface area contributed by atoms with Crippen molar-refractivity contribution in [2.24, 2.45) is 4.99 Å². The quantitative estimate of drug-likeness (QED) is 0.763. The fourth-order valence-electron chi connectivity index (χ4n) is 2.49. The summed E-state index contributed by atoms with van der Waals surface area (Å²) in [5.41, 5.74) is 2.32. The van der Waals surface area contributed by atoms with E-state index in [0.717, 1.165) is 11.3 Å². The third-order valence-electron chi connectivity index (χ3n) is 3.97. The van der Waals surface area contributed by atoms with Crippen LogP contribution in [-0.2, 0) is 9.59 Å². The van der Waals surface area contributed by atoms with E-state index in [2.05, 4.69) is 10.3 Å². The molecule has 0 radical (unpaired) electrons. The number of aliphatic imine (C=N–C) groups is 1. The number of thioether (sulfide) groups is 1. The Morgan fingerprint density at radius 3 is 2.63 bits per heavy atom. The summed E-state index contributed by atoms with van der Waals surface area (Å²) in [4.78, 5) is 30.8. The molecule has 2 aromatic carbocycles. The fourth-order valence-corrected chi connectivity index (χ4v) is 3.98. The van der Waals surface area contributed by atoms with Crippen molar-refractivity contribution in [1.29, 1.82) is 0 Å². The summed E-state index contributed by atoms with van der Waals surface area (Å²) in [5, 5.41) is 3.60. The maximum Gasteiger partial charge on any atom is 0.242 e. The van der Waals surface area contributed by atoms with Crippen molar-refractivity contribution in [3.05, 3.63) is 58.1 Å². The Hall–Kier alpha value is -2.02. The van der Waals surface area contributed by atoms with Gasteiger partial charge in [0.05, 0.1) is 16.4 Å². The molecule has 2 aromatic rings. The van der Waals surface area contributed by atoms with Gasteiger partial charge in [-0.2, -0.15) is 0 Å². The molecule has 1 N–H and O–H groups in total. The van der Waals surface area contributed by atoms with E-state index in [9.17, 15) is 9.59 Å². The van der Waals surface area contributed by atoms with Crippen LogP contribution in [0.1, 0.15) is 12.0 Å². The van der Waals surface area contributed by atoms with Gasteiger partial charge < -0.3 is 5.32 Å². The number of aryl methyl sites for hydroxylation is 1. The van der Waals surface area contributed by atoms with E-state index in [1.807, 2.05) is 31.2 Å². The Morgan fingerprint density at radius 2 is 1.93 bits per heavy atom. The number of anilines is 1. The number of carbonyl (C=O) groups is 2. The van der Waals surface area contributed by atoms with Crippen molar-refractivity contribution in [2.45, 2.75) is 18.6 Å². The molecule has 1 saturated heterocycles.